The van der Waals surface area contributed by atoms with Gasteiger partial charge < -0.3 is 0 Å². The molecule has 0 radical (unpaired) electrons. The Balaban J connectivity index is 2.58. The minimum absolute atomic E-state index is 1.10. The molecule has 0 N–H and O–H groups in total. The topological polar surface area (TPSA) is 12.9 Å². The van der Waals surface area contributed by atoms with Crippen LogP contribution in [0.5, 0.6) is 0 Å². The number of hydrogen-bond acceptors (Lipinski definition) is 1. The third kappa shape index (κ3) is 2.46. The molecule has 1 heterocycles. The fraction of sp³-hybridized carbons (Fsp3) is 0.214. The second-order valence-electron chi connectivity index (χ2n) is 5.01. The average Bonchev–Trinajstić information content (AvgIpc) is 2.29. The molecule has 2 heteroatoms. The van der Waals surface area contributed by atoms with Crippen molar-refractivity contribution in [2.75, 3.05) is 0 Å². The van der Waals surface area contributed by atoms with E-state index in [9.17, 15) is 0 Å². The normalized spacial score (nSPS) is 11.4. The second kappa shape index (κ2) is 4.58. The van der Waals surface area contributed by atoms with Gasteiger partial charge in [0.15, 0.2) is 0 Å². The molecule has 0 saturated heterocycles. The zero-order valence-corrected chi connectivity index (χ0v) is 12.9. The van der Waals surface area contributed by atoms with E-state index >= 15 is 0 Å². The van der Waals surface area contributed by atoms with Crippen molar-refractivity contribution in [3.63, 3.8) is 0 Å². The molecule has 1 aromatic heterocycles. The second-order valence-corrected chi connectivity index (χ2v) is 19.4. The van der Waals surface area contributed by atoms with Crippen LogP contribution in [-0.2, 0) is 0 Å². The molecule has 0 fully saturated rings. The Labute approximate surface area is 101 Å². The first-order chi connectivity index (χ1) is 7.59. The van der Waals surface area contributed by atoms with Crippen LogP contribution in [0.15, 0.2) is 48.7 Å². The first-order valence-electron chi connectivity index (χ1n) is 5.60. The SMILES string of the molecule is [CH3][Sn]([CH3])([CH3])[c]1ccccc1-c1ccccn1. The molecule has 1 nitrogen and oxygen atoms in total. The molecule has 0 aliphatic carbocycles. The molecule has 2 rings (SSSR count). The standard InChI is InChI=1S/C11H8N.3CH3.Sn/c1-2-6-10(7-3-1)11-8-4-5-9-12-11;;;;/h1-6,8-9H;3*1H3;. The predicted molar refractivity (Wildman–Crippen MR) is 72.7 cm³/mol. The molecule has 0 aliphatic rings. The van der Waals surface area contributed by atoms with Crippen LogP contribution in [0.1, 0.15) is 0 Å². The molecular formula is C14H17NSn. The fourth-order valence-corrected chi connectivity index (χ4v) is 6.49. The first kappa shape index (κ1) is 11.6. The summed E-state index contributed by atoms with van der Waals surface area (Å²) in [5, 5.41) is 0. The zero-order valence-electron chi connectivity index (χ0n) is 10.1. The molecule has 0 aliphatic heterocycles. The van der Waals surface area contributed by atoms with Gasteiger partial charge in [-0.1, -0.05) is 0 Å². The Kier molecular flexibility index (Phi) is 3.33. The van der Waals surface area contributed by atoms with Crippen LogP contribution in [0.3, 0.4) is 0 Å². The quantitative estimate of drug-likeness (QED) is 0.775. The van der Waals surface area contributed by atoms with Gasteiger partial charge in [0.25, 0.3) is 0 Å². The van der Waals surface area contributed by atoms with E-state index in [2.05, 4.69) is 56.2 Å². The molecule has 0 spiro atoms. The van der Waals surface area contributed by atoms with Crippen molar-refractivity contribution in [2.45, 2.75) is 14.8 Å². The summed E-state index contributed by atoms with van der Waals surface area (Å²) in [5.41, 5.74) is 2.43. The number of hydrogen-bond donors (Lipinski definition) is 0. The van der Waals surface area contributed by atoms with E-state index in [1.807, 2.05) is 12.3 Å². The van der Waals surface area contributed by atoms with E-state index in [1.54, 1.807) is 3.58 Å². The van der Waals surface area contributed by atoms with Crippen LogP contribution in [0.25, 0.3) is 11.3 Å². The van der Waals surface area contributed by atoms with Crippen molar-refractivity contribution in [1.29, 1.82) is 0 Å². The van der Waals surface area contributed by atoms with E-state index in [1.165, 1.54) is 5.56 Å². The van der Waals surface area contributed by atoms with Crippen molar-refractivity contribution in [3.8, 4) is 11.3 Å². The molecule has 1 aromatic carbocycles. The summed E-state index contributed by atoms with van der Waals surface area (Å²) in [6, 6.07) is 14.8. The summed E-state index contributed by atoms with van der Waals surface area (Å²) in [6.07, 6.45) is 1.87. The average molecular weight is 318 g/mol. The maximum atomic E-state index is 4.46. The van der Waals surface area contributed by atoms with Crippen LogP contribution in [0, 0.1) is 0 Å². The number of rotatable bonds is 2. The monoisotopic (exact) mass is 319 g/mol. The van der Waals surface area contributed by atoms with E-state index in [0.29, 0.717) is 0 Å². The van der Waals surface area contributed by atoms with E-state index in [-0.39, 0.29) is 0 Å². The number of benzene rings is 1. The Bertz CT molecular complexity index is 472. The summed E-state index contributed by atoms with van der Waals surface area (Å²) in [7, 11) is 0. The van der Waals surface area contributed by atoms with Crippen molar-refractivity contribution in [2.24, 2.45) is 0 Å². The van der Waals surface area contributed by atoms with Gasteiger partial charge in [-0.3, -0.25) is 0 Å². The Hall–Kier alpha value is -0.831. The number of pyridine rings is 1. The van der Waals surface area contributed by atoms with Crippen LogP contribution in [-0.4, -0.2) is 23.4 Å². The van der Waals surface area contributed by atoms with Crippen LogP contribution in [0.2, 0.25) is 14.8 Å². The Morgan fingerprint density at radius 2 is 1.56 bits per heavy atom. The molecule has 0 bridgehead atoms. The first-order valence-corrected chi connectivity index (χ1v) is 15.6. The predicted octanol–water partition coefficient (Wildman–Crippen LogP) is 3.29. The van der Waals surface area contributed by atoms with Gasteiger partial charge in [-0.05, 0) is 0 Å². The van der Waals surface area contributed by atoms with Gasteiger partial charge in [-0.25, -0.2) is 0 Å². The molecule has 0 unspecified atom stereocenters. The van der Waals surface area contributed by atoms with Gasteiger partial charge in [-0.2, -0.15) is 0 Å². The molecule has 0 saturated carbocycles. The molecule has 0 atom stereocenters. The van der Waals surface area contributed by atoms with Gasteiger partial charge >= 0.3 is 102 Å². The van der Waals surface area contributed by atoms with Gasteiger partial charge in [0.2, 0.25) is 0 Å². The van der Waals surface area contributed by atoms with Crippen LogP contribution in [0.4, 0.5) is 0 Å². The van der Waals surface area contributed by atoms with Gasteiger partial charge in [0.05, 0.1) is 0 Å². The summed E-state index contributed by atoms with van der Waals surface area (Å²) in [4.78, 5) is 11.8. The van der Waals surface area contributed by atoms with E-state index < -0.39 is 18.4 Å². The molecule has 2 aromatic rings. The van der Waals surface area contributed by atoms with E-state index in [0.717, 1.165) is 5.69 Å². The minimum atomic E-state index is -2.04. The maximum absolute atomic E-state index is 4.46. The zero-order chi connectivity index (χ0) is 11.6. The van der Waals surface area contributed by atoms with Crippen molar-refractivity contribution >= 4 is 22.0 Å². The summed E-state index contributed by atoms with van der Waals surface area (Å²) >= 11 is -2.04. The van der Waals surface area contributed by atoms with Gasteiger partial charge in [0, 0.05) is 0 Å². The van der Waals surface area contributed by atoms with Crippen molar-refractivity contribution < 1.29 is 0 Å². The summed E-state index contributed by atoms with van der Waals surface area (Å²) < 4.78 is 1.55. The molecular weight excluding hydrogens is 301 g/mol. The van der Waals surface area contributed by atoms with Gasteiger partial charge in [0.1, 0.15) is 0 Å². The summed E-state index contributed by atoms with van der Waals surface area (Å²) in [6.45, 7) is 0. The molecule has 0 amide bonds. The Morgan fingerprint density at radius 3 is 2.19 bits per heavy atom. The molecule has 16 heavy (non-hydrogen) atoms. The van der Waals surface area contributed by atoms with Crippen LogP contribution < -0.4 is 3.58 Å². The number of nitrogens with zero attached hydrogens (tertiary/aromatic N) is 1. The third-order valence-corrected chi connectivity index (χ3v) is 8.53. The molecule has 82 valence electrons. The summed E-state index contributed by atoms with van der Waals surface area (Å²) in [5.74, 6) is 0. The Morgan fingerprint density at radius 1 is 0.875 bits per heavy atom. The van der Waals surface area contributed by atoms with Crippen LogP contribution >= 0.6 is 0 Å². The number of aromatic nitrogens is 1. The van der Waals surface area contributed by atoms with Crippen molar-refractivity contribution in [3.05, 3.63) is 48.7 Å². The third-order valence-electron chi connectivity index (χ3n) is 2.68. The van der Waals surface area contributed by atoms with Crippen molar-refractivity contribution in [1.82, 2.24) is 4.98 Å². The van der Waals surface area contributed by atoms with E-state index in [4.69, 9.17) is 0 Å². The van der Waals surface area contributed by atoms with Gasteiger partial charge in [-0.15, -0.1) is 0 Å². The fourth-order valence-electron chi connectivity index (χ4n) is 1.88.